The number of thiol groups is 1. The summed E-state index contributed by atoms with van der Waals surface area (Å²) >= 11 is 4.32. The van der Waals surface area contributed by atoms with Crippen LogP contribution in [0.2, 0.25) is 0 Å². The third-order valence-electron chi connectivity index (χ3n) is 4.99. The Balaban J connectivity index is 1.61. The van der Waals surface area contributed by atoms with Crippen LogP contribution in [0.1, 0.15) is 13.8 Å². The largest absolute Gasteiger partial charge is 0.496 e. The molecule has 2 N–H and O–H groups in total. The molecule has 0 saturated carbocycles. The van der Waals surface area contributed by atoms with Crippen molar-refractivity contribution in [1.29, 1.82) is 0 Å². The maximum absolute atomic E-state index is 14.6. The van der Waals surface area contributed by atoms with Crippen LogP contribution in [0.5, 0.6) is 11.5 Å². The third kappa shape index (κ3) is 4.13. The second-order valence-corrected chi connectivity index (χ2v) is 8.16. The molecular formula is C22H22FN5O3S. The van der Waals surface area contributed by atoms with Crippen LogP contribution >= 0.6 is 12.6 Å². The molecule has 0 saturated heterocycles. The van der Waals surface area contributed by atoms with Crippen LogP contribution in [0.3, 0.4) is 0 Å². The lowest BCUT2D eigenvalue weighted by Crippen LogP contribution is -2.45. The monoisotopic (exact) mass is 455 g/mol. The summed E-state index contributed by atoms with van der Waals surface area (Å²) in [5, 5.41) is 5.86. The lowest BCUT2D eigenvalue weighted by Gasteiger charge is -2.32. The maximum Gasteiger partial charge on any atom is 0.268 e. The predicted molar refractivity (Wildman–Crippen MR) is 123 cm³/mol. The first-order valence-corrected chi connectivity index (χ1v) is 10.2. The van der Waals surface area contributed by atoms with Crippen LogP contribution in [0.4, 0.5) is 33.2 Å². The fraction of sp³-hybridized carbons (Fsp3) is 0.227. The van der Waals surface area contributed by atoms with Gasteiger partial charge in [0, 0.05) is 29.4 Å². The fourth-order valence-corrected chi connectivity index (χ4v) is 3.40. The van der Waals surface area contributed by atoms with Gasteiger partial charge in [-0.3, -0.25) is 4.79 Å². The topological polar surface area (TPSA) is 88.6 Å². The van der Waals surface area contributed by atoms with E-state index >= 15 is 0 Å². The Hall–Kier alpha value is -3.53. The van der Waals surface area contributed by atoms with Crippen molar-refractivity contribution in [3.8, 4) is 11.5 Å². The number of amides is 1. The Bertz CT molecular complexity index is 1200. The van der Waals surface area contributed by atoms with Crippen molar-refractivity contribution in [2.75, 3.05) is 29.7 Å². The number of nitrogens with one attached hydrogen (secondary N) is 2. The highest BCUT2D eigenvalue weighted by atomic mass is 32.1. The lowest BCUT2D eigenvalue weighted by molar-refractivity contribution is -0.129. The van der Waals surface area contributed by atoms with E-state index in [2.05, 4.69) is 33.2 Å². The Morgan fingerprint density at radius 2 is 2.03 bits per heavy atom. The van der Waals surface area contributed by atoms with E-state index in [9.17, 15) is 9.18 Å². The summed E-state index contributed by atoms with van der Waals surface area (Å²) in [5.41, 5.74) is 0.812. The molecule has 166 valence electrons. The SMILES string of the molecule is COc1cc(Nc2ncc(F)c(N(C)c3ccc4c(c3)NC(=O)C(C)(C)O4)n2)ccc1S. The second kappa shape index (κ2) is 8.19. The molecule has 0 atom stereocenters. The van der Waals surface area contributed by atoms with Crippen molar-refractivity contribution in [3.63, 3.8) is 0 Å². The van der Waals surface area contributed by atoms with Crippen LogP contribution in [0, 0.1) is 5.82 Å². The first kappa shape index (κ1) is 21.7. The molecule has 0 aliphatic carbocycles. The molecule has 1 aromatic heterocycles. The van der Waals surface area contributed by atoms with Crippen molar-refractivity contribution in [3.05, 3.63) is 48.4 Å². The van der Waals surface area contributed by atoms with Gasteiger partial charge in [0.15, 0.2) is 17.2 Å². The number of hydrogen-bond donors (Lipinski definition) is 3. The van der Waals surface area contributed by atoms with E-state index in [-0.39, 0.29) is 17.7 Å². The number of carbonyl (C=O) groups excluding carboxylic acids is 1. The highest BCUT2D eigenvalue weighted by molar-refractivity contribution is 7.80. The van der Waals surface area contributed by atoms with E-state index in [0.29, 0.717) is 33.5 Å². The summed E-state index contributed by atoms with van der Waals surface area (Å²) in [5.74, 6) is 0.535. The highest BCUT2D eigenvalue weighted by Crippen LogP contribution is 2.38. The Labute approximate surface area is 190 Å². The number of anilines is 5. The average molecular weight is 456 g/mol. The minimum atomic E-state index is -0.965. The molecule has 1 aliphatic rings. The summed E-state index contributed by atoms with van der Waals surface area (Å²) in [4.78, 5) is 22.8. The van der Waals surface area contributed by atoms with Crippen LogP contribution in [-0.2, 0) is 4.79 Å². The molecule has 0 radical (unpaired) electrons. The molecular weight excluding hydrogens is 433 g/mol. The molecule has 1 aliphatic heterocycles. The predicted octanol–water partition coefficient (Wildman–Crippen LogP) is 4.53. The average Bonchev–Trinajstić information content (AvgIpc) is 2.76. The zero-order chi connectivity index (χ0) is 23.0. The van der Waals surface area contributed by atoms with Gasteiger partial charge < -0.3 is 25.0 Å². The zero-order valence-electron chi connectivity index (χ0n) is 17.9. The number of methoxy groups -OCH3 is 1. The van der Waals surface area contributed by atoms with Crippen molar-refractivity contribution in [2.24, 2.45) is 0 Å². The normalized spacial score (nSPS) is 14.1. The van der Waals surface area contributed by atoms with E-state index in [1.807, 2.05) is 0 Å². The Morgan fingerprint density at radius 3 is 2.78 bits per heavy atom. The highest BCUT2D eigenvalue weighted by Gasteiger charge is 2.35. The molecule has 0 fully saturated rings. The molecule has 3 aromatic rings. The molecule has 1 amide bonds. The summed E-state index contributed by atoms with van der Waals surface area (Å²) in [7, 11) is 3.22. The Morgan fingerprint density at radius 1 is 1.25 bits per heavy atom. The fourth-order valence-electron chi connectivity index (χ4n) is 3.17. The van der Waals surface area contributed by atoms with Crippen LogP contribution in [-0.4, -0.2) is 35.6 Å². The molecule has 32 heavy (non-hydrogen) atoms. The molecule has 0 unspecified atom stereocenters. The summed E-state index contributed by atoms with van der Waals surface area (Å²) in [6, 6.07) is 10.5. The van der Waals surface area contributed by atoms with Crippen LogP contribution < -0.4 is 25.0 Å². The number of rotatable bonds is 5. The van der Waals surface area contributed by atoms with E-state index in [1.165, 1.54) is 0 Å². The molecule has 8 nitrogen and oxygen atoms in total. The molecule has 2 heterocycles. The van der Waals surface area contributed by atoms with Gasteiger partial charge in [-0.15, -0.1) is 12.6 Å². The summed E-state index contributed by atoms with van der Waals surface area (Å²) in [6.45, 7) is 3.38. The first-order valence-electron chi connectivity index (χ1n) is 9.73. The number of carbonyl (C=O) groups is 1. The maximum atomic E-state index is 14.6. The van der Waals surface area contributed by atoms with Gasteiger partial charge in [0.1, 0.15) is 11.5 Å². The smallest absolute Gasteiger partial charge is 0.268 e. The number of fused-ring (bicyclic) bond motifs is 1. The summed E-state index contributed by atoms with van der Waals surface area (Å²) in [6.07, 6.45) is 1.09. The van der Waals surface area contributed by atoms with E-state index in [1.54, 1.807) is 69.3 Å². The van der Waals surface area contributed by atoms with Gasteiger partial charge in [0.2, 0.25) is 5.95 Å². The van der Waals surface area contributed by atoms with Gasteiger partial charge in [0.05, 0.1) is 19.0 Å². The van der Waals surface area contributed by atoms with E-state index in [4.69, 9.17) is 9.47 Å². The molecule has 4 rings (SSSR count). The van der Waals surface area contributed by atoms with Crippen LogP contribution in [0.15, 0.2) is 47.5 Å². The van der Waals surface area contributed by atoms with Gasteiger partial charge >= 0.3 is 0 Å². The quantitative estimate of drug-likeness (QED) is 0.487. The molecule has 10 heteroatoms. The summed E-state index contributed by atoms with van der Waals surface area (Å²) < 4.78 is 25.6. The molecule has 0 bridgehead atoms. The third-order valence-corrected chi connectivity index (χ3v) is 5.36. The molecule has 0 spiro atoms. The number of nitrogens with zero attached hydrogens (tertiary/aromatic N) is 3. The van der Waals surface area contributed by atoms with Crippen molar-refractivity contribution >= 4 is 47.4 Å². The van der Waals surface area contributed by atoms with Gasteiger partial charge in [-0.25, -0.2) is 9.37 Å². The van der Waals surface area contributed by atoms with Crippen LogP contribution in [0.25, 0.3) is 0 Å². The standard InChI is InChI=1S/C22H22FN5O3S/c1-22(2)20(29)26-15-10-13(6-7-16(15)31-22)28(3)19-14(23)11-24-21(27-19)25-12-5-8-18(32)17(9-12)30-4/h5-11,32H,1-4H3,(H,26,29)(H,24,25,27). The van der Waals surface area contributed by atoms with Gasteiger partial charge in [-0.1, -0.05) is 0 Å². The van der Waals surface area contributed by atoms with Crippen molar-refractivity contribution in [2.45, 2.75) is 24.3 Å². The van der Waals surface area contributed by atoms with E-state index < -0.39 is 11.4 Å². The number of aromatic nitrogens is 2. The van der Waals surface area contributed by atoms with Crippen molar-refractivity contribution < 1.29 is 18.7 Å². The lowest BCUT2D eigenvalue weighted by atomic mass is 10.1. The number of ether oxygens (including phenoxy) is 2. The second-order valence-electron chi connectivity index (χ2n) is 7.68. The minimum Gasteiger partial charge on any atom is -0.496 e. The number of benzene rings is 2. The molecule has 2 aromatic carbocycles. The first-order chi connectivity index (χ1) is 15.2. The van der Waals surface area contributed by atoms with Gasteiger partial charge in [0.25, 0.3) is 5.91 Å². The van der Waals surface area contributed by atoms with Gasteiger partial charge in [-0.2, -0.15) is 4.98 Å². The number of hydrogen-bond acceptors (Lipinski definition) is 8. The van der Waals surface area contributed by atoms with E-state index in [0.717, 1.165) is 6.20 Å². The minimum absolute atomic E-state index is 0.0589. The Kier molecular flexibility index (Phi) is 5.55. The zero-order valence-corrected chi connectivity index (χ0v) is 18.8. The number of halogens is 1. The van der Waals surface area contributed by atoms with Crippen molar-refractivity contribution in [1.82, 2.24) is 9.97 Å². The van der Waals surface area contributed by atoms with Gasteiger partial charge in [-0.05, 0) is 44.2 Å².